The number of carbonyl (C=O) groups excluding carboxylic acids is 1. The van der Waals surface area contributed by atoms with Gasteiger partial charge in [0, 0.05) is 57.3 Å². The molecule has 0 radical (unpaired) electrons. The second-order valence-corrected chi connectivity index (χ2v) is 8.53. The van der Waals surface area contributed by atoms with Crippen molar-refractivity contribution in [2.45, 2.75) is 19.8 Å². The molecular formula is C24H28N6O. The zero-order valence-corrected chi connectivity index (χ0v) is 17.9. The summed E-state index contributed by atoms with van der Waals surface area (Å²) in [5.41, 5.74) is 4.99. The van der Waals surface area contributed by atoms with Gasteiger partial charge >= 0.3 is 0 Å². The molecular weight excluding hydrogens is 388 g/mol. The van der Waals surface area contributed by atoms with Gasteiger partial charge in [0.2, 0.25) is 5.91 Å². The topological polar surface area (TPSA) is 65.5 Å². The third kappa shape index (κ3) is 4.17. The highest BCUT2D eigenvalue weighted by molar-refractivity contribution is 5.80. The molecule has 2 aliphatic heterocycles. The van der Waals surface area contributed by atoms with Crippen LogP contribution in [0, 0.1) is 12.8 Å². The summed E-state index contributed by atoms with van der Waals surface area (Å²) in [7, 11) is 0. The number of hydrogen-bond acceptors (Lipinski definition) is 6. The molecule has 2 saturated heterocycles. The Morgan fingerprint density at radius 1 is 0.903 bits per heavy atom. The van der Waals surface area contributed by atoms with Gasteiger partial charge in [-0.05, 0) is 38.0 Å². The Hall–Kier alpha value is -3.22. The van der Waals surface area contributed by atoms with E-state index in [-0.39, 0.29) is 5.92 Å². The summed E-state index contributed by atoms with van der Waals surface area (Å²) >= 11 is 0. The molecule has 1 amide bonds. The highest BCUT2D eigenvalue weighted by atomic mass is 16.2. The predicted molar refractivity (Wildman–Crippen MR) is 122 cm³/mol. The van der Waals surface area contributed by atoms with E-state index in [0.29, 0.717) is 11.6 Å². The van der Waals surface area contributed by atoms with Gasteiger partial charge in [0.1, 0.15) is 5.52 Å². The smallest absolute Gasteiger partial charge is 0.227 e. The Bertz CT molecular complexity index is 1060. The molecule has 0 aliphatic carbocycles. The number of benzene rings is 1. The number of fused-ring (bicyclic) bond motifs is 1. The minimum atomic E-state index is 0.0391. The van der Waals surface area contributed by atoms with Crippen LogP contribution in [-0.2, 0) is 4.79 Å². The number of aromatic nitrogens is 3. The molecule has 7 nitrogen and oxygen atoms in total. The Morgan fingerprint density at radius 3 is 2.48 bits per heavy atom. The second-order valence-electron chi connectivity index (χ2n) is 8.53. The molecule has 1 atom stereocenters. The number of rotatable bonds is 3. The number of hydrogen-bond donors (Lipinski definition) is 0. The summed E-state index contributed by atoms with van der Waals surface area (Å²) in [6, 6.07) is 10.7. The Balaban J connectivity index is 1.22. The first-order valence-electron chi connectivity index (χ1n) is 11.1. The van der Waals surface area contributed by atoms with Crippen molar-refractivity contribution in [2.24, 2.45) is 5.92 Å². The lowest BCUT2D eigenvalue weighted by Crippen LogP contribution is -2.52. The minimum Gasteiger partial charge on any atom is -0.369 e. The fourth-order valence-corrected chi connectivity index (χ4v) is 4.63. The average molecular weight is 417 g/mol. The summed E-state index contributed by atoms with van der Waals surface area (Å²) in [4.78, 5) is 33.0. The molecule has 0 spiro atoms. The molecule has 0 bridgehead atoms. The molecule has 2 fully saturated rings. The zero-order chi connectivity index (χ0) is 21.2. The monoisotopic (exact) mass is 416 g/mol. The normalized spacial score (nSPS) is 19.6. The lowest BCUT2D eigenvalue weighted by Gasteiger charge is -2.40. The molecule has 0 unspecified atom stereocenters. The van der Waals surface area contributed by atoms with Gasteiger partial charge in [-0.25, -0.2) is 9.97 Å². The quantitative estimate of drug-likeness (QED) is 0.654. The summed E-state index contributed by atoms with van der Waals surface area (Å²) in [5.74, 6) is 0.332. The molecule has 7 heteroatoms. The van der Waals surface area contributed by atoms with Crippen LogP contribution in [0.3, 0.4) is 0 Å². The van der Waals surface area contributed by atoms with E-state index in [9.17, 15) is 4.79 Å². The third-order valence-corrected chi connectivity index (χ3v) is 6.44. The molecule has 31 heavy (non-hydrogen) atoms. The van der Waals surface area contributed by atoms with Gasteiger partial charge in [0.25, 0.3) is 0 Å². The first-order valence-corrected chi connectivity index (χ1v) is 11.1. The molecule has 160 valence electrons. The zero-order valence-electron chi connectivity index (χ0n) is 17.9. The van der Waals surface area contributed by atoms with Crippen LogP contribution in [0.4, 0.5) is 11.4 Å². The van der Waals surface area contributed by atoms with E-state index in [1.165, 1.54) is 11.3 Å². The van der Waals surface area contributed by atoms with Crippen LogP contribution < -0.4 is 9.80 Å². The van der Waals surface area contributed by atoms with E-state index in [2.05, 4.69) is 60.8 Å². The van der Waals surface area contributed by atoms with Crippen LogP contribution in [0.2, 0.25) is 0 Å². The van der Waals surface area contributed by atoms with Crippen LogP contribution in [0.15, 0.2) is 48.9 Å². The van der Waals surface area contributed by atoms with Crippen molar-refractivity contribution in [3.63, 3.8) is 0 Å². The van der Waals surface area contributed by atoms with Crippen molar-refractivity contribution in [1.29, 1.82) is 0 Å². The highest BCUT2D eigenvalue weighted by Gasteiger charge is 2.31. The molecule has 2 aromatic heterocycles. The van der Waals surface area contributed by atoms with Crippen LogP contribution in [0.1, 0.15) is 18.4 Å². The Morgan fingerprint density at radius 2 is 1.68 bits per heavy atom. The van der Waals surface area contributed by atoms with E-state index in [4.69, 9.17) is 0 Å². The van der Waals surface area contributed by atoms with E-state index in [1.54, 1.807) is 12.4 Å². The SMILES string of the molecule is Cc1ccc(N2CCN(C(=O)[C@H]3CCCN(c4cnc5nccnc5c4)C3)CC2)cc1. The van der Waals surface area contributed by atoms with Crippen LogP contribution in [0.25, 0.3) is 11.2 Å². The first kappa shape index (κ1) is 19.7. The molecule has 1 aromatic carbocycles. The molecule has 3 aromatic rings. The number of piperazine rings is 1. The van der Waals surface area contributed by atoms with Crippen LogP contribution >= 0.6 is 0 Å². The minimum absolute atomic E-state index is 0.0391. The van der Waals surface area contributed by atoms with Gasteiger partial charge in [0.15, 0.2) is 5.65 Å². The average Bonchev–Trinajstić information content (AvgIpc) is 2.84. The van der Waals surface area contributed by atoms with Gasteiger partial charge in [0.05, 0.1) is 17.8 Å². The van der Waals surface area contributed by atoms with E-state index >= 15 is 0 Å². The number of nitrogens with zero attached hydrogens (tertiary/aromatic N) is 6. The molecule has 0 saturated carbocycles. The van der Waals surface area contributed by atoms with E-state index in [1.807, 2.05) is 12.3 Å². The summed E-state index contributed by atoms with van der Waals surface area (Å²) in [6.07, 6.45) is 7.16. The van der Waals surface area contributed by atoms with E-state index < -0.39 is 0 Å². The fraction of sp³-hybridized carbons (Fsp3) is 0.417. The number of pyridine rings is 1. The van der Waals surface area contributed by atoms with Gasteiger partial charge in [-0.3, -0.25) is 9.78 Å². The maximum atomic E-state index is 13.3. The Labute approximate surface area is 182 Å². The molecule has 4 heterocycles. The second kappa shape index (κ2) is 8.49. The largest absolute Gasteiger partial charge is 0.369 e. The van der Waals surface area contributed by atoms with Gasteiger partial charge < -0.3 is 14.7 Å². The van der Waals surface area contributed by atoms with Gasteiger partial charge in [-0.2, -0.15) is 0 Å². The van der Waals surface area contributed by atoms with Crippen molar-refractivity contribution in [2.75, 3.05) is 49.1 Å². The van der Waals surface area contributed by atoms with Gasteiger partial charge in [-0.15, -0.1) is 0 Å². The number of carbonyl (C=O) groups is 1. The van der Waals surface area contributed by atoms with Gasteiger partial charge in [-0.1, -0.05) is 17.7 Å². The number of piperidine rings is 1. The Kier molecular flexibility index (Phi) is 5.40. The summed E-state index contributed by atoms with van der Waals surface area (Å²) < 4.78 is 0. The lowest BCUT2D eigenvalue weighted by atomic mass is 9.95. The summed E-state index contributed by atoms with van der Waals surface area (Å²) in [6.45, 7) is 7.14. The first-order chi connectivity index (χ1) is 15.2. The molecule has 5 rings (SSSR count). The lowest BCUT2D eigenvalue weighted by molar-refractivity contribution is -0.136. The molecule has 2 aliphatic rings. The maximum Gasteiger partial charge on any atom is 0.227 e. The maximum absolute atomic E-state index is 13.3. The number of aryl methyl sites for hydroxylation is 1. The van der Waals surface area contributed by atoms with Crippen molar-refractivity contribution < 1.29 is 4.79 Å². The predicted octanol–water partition coefficient (Wildman–Crippen LogP) is 2.90. The third-order valence-electron chi connectivity index (χ3n) is 6.44. The molecule has 0 N–H and O–H groups in total. The standard InChI is InChI=1S/C24H28N6O/c1-18-4-6-20(7-5-18)28-11-13-29(14-12-28)24(31)19-3-2-10-30(17-19)21-15-22-23(27-16-21)26-9-8-25-22/h4-9,15-16,19H,2-3,10-14,17H2,1H3/t19-/m0/s1. The van der Waals surface area contributed by atoms with Crippen molar-refractivity contribution in [3.8, 4) is 0 Å². The van der Waals surface area contributed by atoms with Crippen LogP contribution in [0.5, 0.6) is 0 Å². The summed E-state index contributed by atoms with van der Waals surface area (Å²) in [5, 5.41) is 0. The highest BCUT2D eigenvalue weighted by Crippen LogP contribution is 2.26. The van der Waals surface area contributed by atoms with E-state index in [0.717, 1.165) is 63.3 Å². The van der Waals surface area contributed by atoms with Crippen LogP contribution in [-0.4, -0.2) is 65.0 Å². The number of anilines is 2. The van der Waals surface area contributed by atoms with Crippen molar-refractivity contribution in [3.05, 3.63) is 54.5 Å². The van der Waals surface area contributed by atoms with Crippen molar-refractivity contribution >= 4 is 28.4 Å². The fourth-order valence-electron chi connectivity index (χ4n) is 4.63. The number of amides is 1. The van der Waals surface area contributed by atoms with Crippen molar-refractivity contribution in [1.82, 2.24) is 19.9 Å².